The lowest BCUT2D eigenvalue weighted by Gasteiger charge is -2.29. The van der Waals surface area contributed by atoms with E-state index in [1.807, 2.05) is 6.92 Å². The molecule has 0 atom stereocenters. The molecular weight excluding hydrogens is 254 g/mol. The van der Waals surface area contributed by atoms with Crippen molar-refractivity contribution in [2.24, 2.45) is 0 Å². The number of carboxylic acids is 1. The molecule has 1 aliphatic carbocycles. The smallest absolute Gasteiger partial charge is 0.200 e. The van der Waals surface area contributed by atoms with Crippen LogP contribution in [0.3, 0.4) is 0 Å². The average molecular weight is 269 g/mol. The summed E-state index contributed by atoms with van der Waals surface area (Å²) in [5.41, 5.74) is -0.934. The van der Waals surface area contributed by atoms with Gasteiger partial charge in [0.2, 0.25) is 5.82 Å². The molecule has 0 amide bonds. The summed E-state index contributed by atoms with van der Waals surface area (Å²) in [5, 5.41) is 10.7. The summed E-state index contributed by atoms with van der Waals surface area (Å²) < 4.78 is 32.7. The van der Waals surface area contributed by atoms with Crippen LogP contribution < -0.4 is 9.84 Å². The van der Waals surface area contributed by atoms with Crippen molar-refractivity contribution in [3.05, 3.63) is 29.3 Å². The van der Waals surface area contributed by atoms with Gasteiger partial charge in [0, 0.05) is 5.56 Å². The highest BCUT2D eigenvalue weighted by atomic mass is 19.2. The lowest BCUT2D eigenvalue weighted by molar-refractivity contribution is -0.255. The summed E-state index contributed by atoms with van der Waals surface area (Å²) in [4.78, 5) is 10.7. The van der Waals surface area contributed by atoms with Gasteiger partial charge in [-0.2, -0.15) is 4.39 Å². The monoisotopic (exact) mass is 269 g/mol. The third kappa shape index (κ3) is 2.69. The molecule has 0 bridgehead atoms. The number of carbonyl (C=O) groups is 1. The van der Waals surface area contributed by atoms with Crippen molar-refractivity contribution in [3.8, 4) is 5.75 Å². The summed E-state index contributed by atoms with van der Waals surface area (Å²) in [7, 11) is 0. The van der Waals surface area contributed by atoms with Crippen molar-refractivity contribution in [1.82, 2.24) is 0 Å². The van der Waals surface area contributed by atoms with Crippen molar-refractivity contribution in [1.29, 1.82) is 0 Å². The number of benzene rings is 1. The number of hydrogen-bond donors (Lipinski definition) is 0. The minimum atomic E-state index is -1.55. The number of rotatable bonds is 4. The summed E-state index contributed by atoms with van der Waals surface area (Å²) in [6.45, 7) is 1.92. The van der Waals surface area contributed by atoms with Crippen LogP contribution in [-0.2, 0) is 0 Å². The molecule has 1 aromatic carbocycles. The van der Waals surface area contributed by atoms with Crippen molar-refractivity contribution in [3.63, 3.8) is 0 Å². The van der Waals surface area contributed by atoms with E-state index >= 15 is 0 Å². The molecule has 2 rings (SSSR count). The third-order valence-electron chi connectivity index (χ3n) is 3.72. The Balaban J connectivity index is 2.36. The van der Waals surface area contributed by atoms with E-state index in [2.05, 4.69) is 0 Å². The molecule has 3 nitrogen and oxygen atoms in total. The first-order chi connectivity index (χ1) is 8.97. The van der Waals surface area contributed by atoms with E-state index in [4.69, 9.17) is 4.74 Å². The van der Waals surface area contributed by atoms with Crippen LogP contribution in [0.4, 0.5) is 8.78 Å². The standard InChI is InChI=1S/C14H16F2O3/c1-2-14(5-3-4-6-14)19-11-8-9(13(17)18)7-10(15)12(11)16/h7-8H,2-6H2,1H3,(H,17,18)/p-1. The van der Waals surface area contributed by atoms with Crippen LogP contribution >= 0.6 is 0 Å². The predicted molar refractivity (Wildman–Crippen MR) is 62.8 cm³/mol. The number of carbonyl (C=O) groups excluding carboxylic acids is 1. The van der Waals surface area contributed by atoms with Crippen LogP contribution in [0.2, 0.25) is 0 Å². The molecule has 1 aliphatic rings. The van der Waals surface area contributed by atoms with E-state index in [9.17, 15) is 18.7 Å². The largest absolute Gasteiger partial charge is 0.545 e. The van der Waals surface area contributed by atoms with Gasteiger partial charge in [-0.05, 0) is 44.2 Å². The normalized spacial score (nSPS) is 17.4. The van der Waals surface area contributed by atoms with Crippen LogP contribution in [-0.4, -0.2) is 11.6 Å². The first-order valence-electron chi connectivity index (χ1n) is 6.37. The maximum Gasteiger partial charge on any atom is 0.200 e. The first-order valence-corrected chi connectivity index (χ1v) is 6.37. The third-order valence-corrected chi connectivity index (χ3v) is 3.72. The number of halogens is 2. The Labute approximate surface area is 110 Å². The average Bonchev–Trinajstić information content (AvgIpc) is 2.83. The zero-order valence-corrected chi connectivity index (χ0v) is 10.7. The van der Waals surface area contributed by atoms with E-state index < -0.39 is 28.8 Å². The second kappa shape index (κ2) is 5.15. The lowest BCUT2D eigenvalue weighted by atomic mass is 9.98. The van der Waals surface area contributed by atoms with Crippen molar-refractivity contribution >= 4 is 5.97 Å². The molecule has 0 spiro atoms. The molecule has 5 heteroatoms. The van der Waals surface area contributed by atoms with Crippen LogP contribution in [0.15, 0.2) is 12.1 Å². The Morgan fingerprint density at radius 3 is 2.53 bits per heavy atom. The Morgan fingerprint density at radius 1 is 1.37 bits per heavy atom. The Morgan fingerprint density at radius 2 is 2.00 bits per heavy atom. The molecule has 0 unspecified atom stereocenters. The zero-order valence-electron chi connectivity index (χ0n) is 10.7. The molecule has 104 valence electrons. The van der Waals surface area contributed by atoms with Crippen molar-refractivity contribution < 1.29 is 23.4 Å². The van der Waals surface area contributed by atoms with Gasteiger partial charge in [-0.1, -0.05) is 6.92 Å². The molecule has 1 saturated carbocycles. The van der Waals surface area contributed by atoms with Gasteiger partial charge < -0.3 is 14.6 Å². The molecule has 19 heavy (non-hydrogen) atoms. The Hall–Kier alpha value is -1.65. The lowest BCUT2D eigenvalue weighted by Crippen LogP contribution is -2.32. The van der Waals surface area contributed by atoms with Crippen LogP contribution in [0.25, 0.3) is 0 Å². The van der Waals surface area contributed by atoms with E-state index in [0.29, 0.717) is 12.5 Å². The molecule has 1 aromatic rings. The van der Waals surface area contributed by atoms with Crippen molar-refractivity contribution in [2.75, 3.05) is 0 Å². The maximum atomic E-state index is 13.7. The second-order valence-corrected chi connectivity index (χ2v) is 4.90. The molecule has 0 saturated heterocycles. The molecule has 0 aromatic heterocycles. The fourth-order valence-corrected chi connectivity index (χ4v) is 2.54. The van der Waals surface area contributed by atoms with Gasteiger partial charge in [0.15, 0.2) is 11.6 Å². The quantitative estimate of drug-likeness (QED) is 0.843. The molecular formula is C14H15F2O3-. The number of carboxylic acid groups (broad SMARTS) is 1. The van der Waals surface area contributed by atoms with E-state index in [-0.39, 0.29) is 5.75 Å². The molecule has 1 fully saturated rings. The zero-order chi connectivity index (χ0) is 14.0. The van der Waals surface area contributed by atoms with Crippen LogP contribution in [0, 0.1) is 11.6 Å². The fourth-order valence-electron chi connectivity index (χ4n) is 2.54. The highest BCUT2D eigenvalue weighted by Crippen LogP contribution is 2.38. The van der Waals surface area contributed by atoms with E-state index in [1.165, 1.54) is 0 Å². The summed E-state index contributed by atoms with van der Waals surface area (Å²) in [6, 6.07) is 1.59. The molecule has 0 radical (unpaired) electrons. The van der Waals surface area contributed by atoms with E-state index in [1.54, 1.807) is 0 Å². The topological polar surface area (TPSA) is 49.4 Å². The fraction of sp³-hybridized carbons (Fsp3) is 0.500. The minimum absolute atomic E-state index is 0.344. The molecule has 0 N–H and O–H groups in total. The van der Waals surface area contributed by atoms with Crippen LogP contribution in [0.5, 0.6) is 5.75 Å². The highest BCUT2D eigenvalue weighted by molar-refractivity contribution is 5.86. The van der Waals surface area contributed by atoms with Gasteiger partial charge in [0.1, 0.15) is 5.60 Å². The summed E-state index contributed by atoms with van der Waals surface area (Å²) in [5.74, 6) is -4.28. The SMILES string of the molecule is CCC1(Oc2cc(C(=O)[O-])cc(F)c2F)CCCC1. The molecule has 0 heterocycles. The Kier molecular flexibility index (Phi) is 3.73. The second-order valence-electron chi connectivity index (χ2n) is 4.90. The number of ether oxygens (including phenoxy) is 1. The van der Waals surface area contributed by atoms with Crippen molar-refractivity contribution in [2.45, 2.75) is 44.6 Å². The summed E-state index contributed by atoms with van der Waals surface area (Å²) in [6.07, 6.45) is 4.14. The summed E-state index contributed by atoms with van der Waals surface area (Å²) >= 11 is 0. The van der Waals surface area contributed by atoms with Gasteiger partial charge >= 0.3 is 0 Å². The first kappa shape index (κ1) is 13.8. The van der Waals surface area contributed by atoms with Gasteiger partial charge in [-0.25, -0.2) is 4.39 Å². The van der Waals surface area contributed by atoms with Gasteiger partial charge in [0.25, 0.3) is 0 Å². The predicted octanol–water partition coefficient (Wildman–Crippen LogP) is 2.43. The Bertz CT molecular complexity index is 494. The molecule has 0 aliphatic heterocycles. The van der Waals surface area contributed by atoms with Crippen LogP contribution in [0.1, 0.15) is 49.4 Å². The maximum absolute atomic E-state index is 13.7. The van der Waals surface area contributed by atoms with Gasteiger partial charge in [0.05, 0.1) is 5.97 Å². The van der Waals surface area contributed by atoms with E-state index in [0.717, 1.165) is 31.7 Å². The number of aromatic carboxylic acids is 1. The van der Waals surface area contributed by atoms with Gasteiger partial charge in [-0.15, -0.1) is 0 Å². The highest BCUT2D eigenvalue weighted by Gasteiger charge is 2.35. The van der Waals surface area contributed by atoms with Gasteiger partial charge in [-0.3, -0.25) is 0 Å². The minimum Gasteiger partial charge on any atom is -0.545 e. The number of hydrogen-bond acceptors (Lipinski definition) is 3.